The first kappa shape index (κ1) is 17.8. The van der Waals surface area contributed by atoms with Gasteiger partial charge in [0, 0.05) is 23.3 Å². The van der Waals surface area contributed by atoms with Crippen LogP contribution in [-0.2, 0) is 6.18 Å². The largest absolute Gasteiger partial charge is 0.417 e. The molecule has 0 aliphatic carbocycles. The number of piperidine rings is 1. The first-order valence-corrected chi connectivity index (χ1v) is 8.92. The summed E-state index contributed by atoms with van der Waals surface area (Å²) in [5.41, 5.74) is 9.16. The summed E-state index contributed by atoms with van der Waals surface area (Å²) in [5.74, 6) is 0. The fourth-order valence-corrected chi connectivity index (χ4v) is 3.87. The number of fused-ring (bicyclic) bond motifs is 2. The van der Waals surface area contributed by atoms with E-state index < -0.39 is 11.7 Å². The molecule has 8 heteroatoms. The quantitative estimate of drug-likeness (QED) is 0.844. The monoisotopic (exact) mass is 375 g/mol. The van der Waals surface area contributed by atoms with E-state index in [0.717, 1.165) is 25.3 Å². The first-order valence-electron chi connectivity index (χ1n) is 8.92. The van der Waals surface area contributed by atoms with Gasteiger partial charge in [0.2, 0.25) is 0 Å². The molecule has 2 aliphatic heterocycles. The maximum absolute atomic E-state index is 13.5. The van der Waals surface area contributed by atoms with E-state index in [0.29, 0.717) is 23.5 Å². The van der Waals surface area contributed by atoms with Gasteiger partial charge in [-0.25, -0.2) is 5.01 Å². The number of hydrogen-bond donors (Lipinski definition) is 2. The molecule has 2 unspecified atom stereocenters. The van der Waals surface area contributed by atoms with Crippen LogP contribution >= 0.6 is 0 Å². The number of alkyl halides is 3. The molecule has 2 atom stereocenters. The fourth-order valence-electron chi connectivity index (χ4n) is 3.87. The first-order chi connectivity index (χ1) is 13.0. The number of hydrazine groups is 1. The Kier molecular flexibility index (Phi) is 4.51. The second kappa shape index (κ2) is 6.84. The van der Waals surface area contributed by atoms with Gasteiger partial charge in [-0.1, -0.05) is 6.42 Å². The van der Waals surface area contributed by atoms with Gasteiger partial charge < -0.3 is 11.2 Å². The van der Waals surface area contributed by atoms with Crippen molar-refractivity contribution in [3.63, 3.8) is 0 Å². The van der Waals surface area contributed by atoms with E-state index in [-0.39, 0.29) is 11.3 Å². The molecule has 2 saturated heterocycles. The van der Waals surface area contributed by atoms with Gasteiger partial charge in [0.05, 0.1) is 29.3 Å². The summed E-state index contributed by atoms with van der Waals surface area (Å²) in [6.45, 7) is 0. The Morgan fingerprint density at radius 3 is 2.52 bits per heavy atom. The van der Waals surface area contributed by atoms with Gasteiger partial charge in [-0.2, -0.15) is 13.2 Å². The molecule has 0 spiro atoms. The van der Waals surface area contributed by atoms with Gasteiger partial charge in [0.25, 0.3) is 0 Å². The summed E-state index contributed by atoms with van der Waals surface area (Å²) < 4.78 is 40.5. The van der Waals surface area contributed by atoms with Crippen molar-refractivity contribution in [2.24, 2.45) is 5.73 Å². The molecule has 2 aliphatic rings. The van der Waals surface area contributed by atoms with E-state index in [9.17, 15) is 13.2 Å². The van der Waals surface area contributed by atoms with Crippen molar-refractivity contribution in [1.29, 1.82) is 0 Å². The van der Waals surface area contributed by atoms with Crippen LogP contribution in [0.1, 0.15) is 36.9 Å². The molecule has 2 bridgehead atoms. The summed E-state index contributed by atoms with van der Waals surface area (Å²) in [6, 6.07) is 5.01. The highest BCUT2D eigenvalue weighted by atomic mass is 19.4. The maximum Gasteiger partial charge on any atom is 0.417 e. The van der Waals surface area contributed by atoms with Crippen LogP contribution < -0.4 is 11.2 Å². The molecular weight excluding hydrogens is 355 g/mol. The molecule has 1 aromatic carbocycles. The van der Waals surface area contributed by atoms with E-state index in [1.807, 2.05) is 0 Å². The van der Waals surface area contributed by atoms with Crippen molar-refractivity contribution >= 4 is 11.8 Å². The lowest BCUT2D eigenvalue weighted by atomic mass is 9.81. The molecule has 2 fully saturated rings. The van der Waals surface area contributed by atoms with Crippen molar-refractivity contribution in [2.75, 3.05) is 5.43 Å². The fraction of sp³-hybridized carbons (Fsp3) is 0.368. The van der Waals surface area contributed by atoms with Crippen molar-refractivity contribution in [3.05, 3.63) is 48.1 Å². The smallest absolute Gasteiger partial charge is 0.405 e. The number of hydrogen-bond acceptors (Lipinski definition) is 5. The molecule has 3 heterocycles. The third kappa shape index (κ3) is 3.49. The third-order valence-electron chi connectivity index (χ3n) is 5.20. The number of nitrogens with two attached hydrogens (primary N) is 1. The Labute approximate surface area is 155 Å². The zero-order valence-corrected chi connectivity index (χ0v) is 14.6. The number of halogens is 3. The lowest BCUT2D eigenvalue weighted by Gasteiger charge is -2.52. The van der Waals surface area contributed by atoms with Gasteiger partial charge in [-0.05, 0) is 49.7 Å². The van der Waals surface area contributed by atoms with Gasteiger partial charge in [-0.15, -0.1) is 0 Å². The van der Waals surface area contributed by atoms with E-state index in [2.05, 4.69) is 20.4 Å². The number of aromatic nitrogens is 2. The molecule has 0 amide bonds. The summed E-state index contributed by atoms with van der Waals surface area (Å²) in [5, 5.41) is 2.16. The van der Waals surface area contributed by atoms with Crippen LogP contribution in [0.15, 0.2) is 36.8 Å². The van der Waals surface area contributed by atoms with Crippen LogP contribution in [0.4, 0.5) is 18.9 Å². The normalized spacial score (nSPS) is 22.6. The van der Waals surface area contributed by atoms with Gasteiger partial charge >= 0.3 is 6.18 Å². The highest BCUT2D eigenvalue weighted by Gasteiger charge is 2.41. The number of nitrogens with zero attached hydrogens (tertiary/aromatic N) is 3. The molecule has 27 heavy (non-hydrogen) atoms. The van der Waals surface area contributed by atoms with E-state index in [4.69, 9.17) is 5.73 Å². The number of anilines is 1. The molecule has 3 N–H and O–H groups in total. The van der Waals surface area contributed by atoms with Crippen molar-refractivity contribution in [1.82, 2.24) is 15.0 Å². The predicted octanol–water partition coefficient (Wildman–Crippen LogP) is 4.05. The van der Waals surface area contributed by atoms with E-state index in [1.54, 1.807) is 0 Å². The van der Waals surface area contributed by atoms with Crippen molar-refractivity contribution < 1.29 is 13.2 Å². The molecular formula is C19H20F3N5. The van der Waals surface area contributed by atoms with Crippen LogP contribution in [0.2, 0.25) is 0 Å². The third-order valence-corrected chi connectivity index (χ3v) is 5.20. The molecule has 4 rings (SSSR count). The standard InChI is InChI=1S/C19H20F3N5/c20-19(21,22)17-5-4-12(26-27-14-2-1-3-15(27)9-14)8-16(17)18-11-24-13(6-7-23)10-25-18/h4-8,10-11,14-15,26H,1-3,9,23H2/b7-6-. The zero-order chi connectivity index (χ0) is 19.0. The average Bonchev–Trinajstić information content (AvgIpc) is 2.66. The minimum absolute atomic E-state index is 0.00830. The Morgan fingerprint density at radius 2 is 1.93 bits per heavy atom. The van der Waals surface area contributed by atoms with Crippen LogP contribution in [-0.4, -0.2) is 27.1 Å². The minimum Gasteiger partial charge on any atom is -0.405 e. The SMILES string of the molecule is N/C=C\c1cnc(-c2cc(NN3C4CCCC3C4)ccc2C(F)(F)F)cn1. The summed E-state index contributed by atoms with van der Waals surface area (Å²) >= 11 is 0. The van der Waals surface area contributed by atoms with Crippen LogP contribution in [0.25, 0.3) is 17.3 Å². The Balaban J connectivity index is 1.66. The highest BCUT2D eigenvalue weighted by molar-refractivity contribution is 5.69. The second-order valence-electron chi connectivity index (χ2n) is 6.94. The second-order valence-corrected chi connectivity index (χ2v) is 6.94. The zero-order valence-electron chi connectivity index (χ0n) is 14.6. The van der Waals surface area contributed by atoms with Crippen LogP contribution in [0, 0.1) is 0 Å². The Bertz CT molecular complexity index is 833. The van der Waals surface area contributed by atoms with Gasteiger partial charge in [0.1, 0.15) is 0 Å². The molecule has 5 nitrogen and oxygen atoms in total. The van der Waals surface area contributed by atoms with Crippen LogP contribution in [0.3, 0.4) is 0 Å². The van der Waals surface area contributed by atoms with Crippen molar-refractivity contribution in [3.8, 4) is 11.3 Å². The molecule has 0 radical (unpaired) electrons. The molecule has 0 saturated carbocycles. The van der Waals surface area contributed by atoms with Crippen LogP contribution in [0.5, 0.6) is 0 Å². The maximum atomic E-state index is 13.5. The Morgan fingerprint density at radius 1 is 1.15 bits per heavy atom. The summed E-state index contributed by atoms with van der Waals surface area (Å²) in [4.78, 5) is 8.25. The molecule has 1 aromatic heterocycles. The highest BCUT2D eigenvalue weighted by Crippen LogP contribution is 2.40. The average molecular weight is 375 g/mol. The number of nitrogens with one attached hydrogen (secondary N) is 1. The topological polar surface area (TPSA) is 67.1 Å². The lowest BCUT2D eigenvalue weighted by Crippen LogP contribution is -2.60. The van der Waals surface area contributed by atoms with Crippen molar-refractivity contribution in [2.45, 2.75) is 43.9 Å². The summed E-state index contributed by atoms with van der Waals surface area (Å²) in [7, 11) is 0. The molecule has 142 valence electrons. The number of rotatable bonds is 4. The lowest BCUT2D eigenvalue weighted by molar-refractivity contribution is -0.137. The summed E-state index contributed by atoms with van der Waals surface area (Å²) in [6.07, 6.45) is 5.71. The predicted molar refractivity (Wildman–Crippen MR) is 97.2 cm³/mol. The van der Waals surface area contributed by atoms with Gasteiger partial charge in [0.15, 0.2) is 0 Å². The minimum atomic E-state index is -4.47. The molecule has 2 aromatic rings. The Hall–Kier alpha value is -2.61. The number of benzene rings is 1. The van der Waals surface area contributed by atoms with E-state index in [1.165, 1.54) is 43.2 Å². The van der Waals surface area contributed by atoms with Gasteiger partial charge in [-0.3, -0.25) is 9.97 Å². The van der Waals surface area contributed by atoms with E-state index >= 15 is 0 Å².